The summed E-state index contributed by atoms with van der Waals surface area (Å²) in [7, 11) is 1.43. The Balaban J connectivity index is 1.71. The molecule has 0 aromatic rings. The van der Waals surface area contributed by atoms with Crippen molar-refractivity contribution in [1.82, 2.24) is 10.2 Å². The molecule has 0 spiro atoms. The van der Waals surface area contributed by atoms with E-state index in [-0.39, 0.29) is 5.97 Å². The van der Waals surface area contributed by atoms with Gasteiger partial charge in [-0.2, -0.15) is 0 Å². The van der Waals surface area contributed by atoms with Crippen molar-refractivity contribution in [3.05, 3.63) is 11.6 Å². The van der Waals surface area contributed by atoms with E-state index in [9.17, 15) is 4.79 Å². The maximum absolute atomic E-state index is 11.4. The van der Waals surface area contributed by atoms with Gasteiger partial charge >= 0.3 is 5.97 Å². The fourth-order valence-electron chi connectivity index (χ4n) is 2.58. The minimum absolute atomic E-state index is 0.203. The maximum atomic E-state index is 11.4. The van der Waals surface area contributed by atoms with Gasteiger partial charge in [0.05, 0.1) is 7.11 Å². The Morgan fingerprint density at radius 1 is 1.44 bits per heavy atom. The number of ether oxygens (including phenoxy) is 1. The van der Waals surface area contributed by atoms with Crippen molar-refractivity contribution in [2.75, 3.05) is 26.7 Å². The zero-order chi connectivity index (χ0) is 13.0. The number of nitrogens with zero attached hydrogens (tertiary/aromatic N) is 1. The molecule has 0 aromatic carbocycles. The Labute approximate surface area is 109 Å². The molecular formula is C14H24N2O2. The van der Waals surface area contributed by atoms with Crippen LogP contribution in [0.25, 0.3) is 0 Å². The smallest absolute Gasteiger partial charge is 0.333 e. The van der Waals surface area contributed by atoms with Gasteiger partial charge in [-0.15, -0.1) is 0 Å². The molecule has 0 radical (unpaired) electrons. The summed E-state index contributed by atoms with van der Waals surface area (Å²) in [6.07, 6.45) is 6.69. The van der Waals surface area contributed by atoms with Crippen LogP contribution in [0.1, 0.15) is 32.6 Å². The normalized spacial score (nSPS) is 25.4. The fraction of sp³-hybridized carbons (Fsp3) is 0.786. The molecule has 1 heterocycles. The molecule has 1 aliphatic carbocycles. The number of carbonyl (C=O) groups is 1. The number of rotatable bonds is 6. The number of esters is 1. The van der Waals surface area contributed by atoms with Crippen LogP contribution in [0.3, 0.4) is 0 Å². The highest BCUT2D eigenvalue weighted by Crippen LogP contribution is 2.29. The molecule has 0 bridgehead atoms. The van der Waals surface area contributed by atoms with E-state index < -0.39 is 0 Å². The van der Waals surface area contributed by atoms with Crippen molar-refractivity contribution in [1.29, 1.82) is 0 Å². The zero-order valence-corrected chi connectivity index (χ0v) is 11.4. The predicted octanol–water partition coefficient (Wildman–Crippen LogP) is 1.32. The Bertz CT molecular complexity index is 324. The first-order valence-corrected chi connectivity index (χ1v) is 6.99. The molecular weight excluding hydrogens is 228 g/mol. The van der Waals surface area contributed by atoms with Gasteiger partial charge in [0.2, 0.25) is 0 Å². The number of methoxy groups -OCH3 is 1. The first-order chi connectivity index (χ1) is 8.74. The molecule has 0 aromatic heterocycles. The Morgan fingerprint density at radius 3 is 2.83 bits per heavy atom. The highest BCUT2D eigenvalue weighted by Gasteiger charge is 2.33. The van der Waals surface area contributed by atoms with Crippen LogP contribution in [0.4, 0.5) is 0 Å². The molecule has 0 amide bonds. The average Bonchev–Trinajstić information content (AvgIpc) is 3.14. The van der Waals surface area contributed by atoms with Gasteiger partial charge in [-0.25, -0.2) is 4.79 Å². The van der Waals surface area contributed by atoms with Gasteiger partial charge in [-0.3, -0.25) is 4.90 Å². The van der Waals surface area contributed by atoms with E-state index in [1.807, 2.05) is 13.0 Å². The van der Waals surface area contributed by atoms with Gasteiger partial charge < -0.3 is 10.1 Å². The van der Waals surface area contributed by atoms with Crippen molar-refractivity contribution < 1.29 is 9.53 Å². The number of nitrogens with one attached hydrogen (secondary N) is 1. The monoisotopic (exact) mass is 252 g/mol. The van der Waals surface area contributed by atoms with E-state index in [4.69, 9.17) is 4.74 Å². The standard InChI is InChI=1S/C14H24N2O2/c1-3-11(14(17)18-2)6-8-15-12-7-9-16(10-12)13-4-5-13/h6,12-13,15H,3-5,7-10H2,1-2H3. The third kappa shape index (κ3) is 3.56. The summed E-state index contributed by atoms with van der Waals surface area (Å²) in [5.41, 5.74) is 0.766. The molecule has 4 heteroatoms. The number of hydrogen-bond donors (Lipinski definition) is 1. The minimum Gasteiger partial charge on any atom is -0.466 e. The van der Waals surface area contributed by atoms with Gasteiger partial charge in [0.25, 0.3) is 0 Å². The molecule has 1 atom stereocenters. The summed E-state index contributed by atoms with van der Waals surface area (Å²) in [4.78, 5) is 14.0. The molecule has 1 unspecified atom stereocenters. The molecule has 4 nitrogen and oxygen atoms in total. The highest BCUT2D eigenvalue weighted by molar-refractivity contribution is 5.88. The fourth-order valence-corrected chi connectivity index (χ4v) is 2.58. The van der Waals surface area contributed by atoms with Crippen LogP contribution in [-0.4, -0.2) is 49.7 Å². The van der Waals surface area contributed by atoms with Crippen LogP contribution >= 0.6 is 0 Å². The van der Waals surface area contributed by atoms with Crippen LogP contribution in [0.2, 0.25) is 0 Å². The molecule has 2 aliphatic rings. The lowest BCUT2D eigenvalue weighted by Crippen LogP contribution is -2.33. The lowest BCUT2D eigenvalue weighted by molar-refractivity contribution is -0.136. The van der Waals surface area contributed by atoms with Crippen molar-refractivity contribution in [3.63, 3.8) is 0 Å². The Kier molecular flexibility index (Phi) is 4.78. The predicted molar refractivity (Wildman–Crippen MR) is 71.4 cm³/mol. The Hall–Kier alpha value is -0.870. The highest BCUT2D eigenvalue weighted by atomic mass is 16.5. The van der Waals surface area contributed by atoms with Crippen LogP contribution in [-0.2, 0) is 9.53 Å². The Morgan fingerprint density at radius 2 is 2.22 bits per heavy atom. The summed E-state index contributed by atoms with van der Waals surface area (Å²) >= 11 is 0. The molecule has 1 saturated carbocycles. The molecule has 102 valence electrons. The zero-order valence-electron chi connectivity index (χ0n) is 11.4. The second-order valence-corrected chi connectivity index (χ2v) is 5.19. The summed E-state index contributed by atoms with van der Waals surface area (Å²) in [6.45, 7) is 5.14. The lowest BCUT2D eigenvalue weighted by atomic mass is 10.2. The number of likely N-dealkylation sites (tertiary alicyclic amines) is 1. The largest absolute Gasteiger partial charge is 0.466 e. The van der Waals surface area contributed by atoms with Crippen molar-refractivity contribution in [2.24, 2.45) is 0 Å². The van der Waals surface area contributed by atoms with Gasteiger partial charge in [-0.1, -0.05) is 13.0 Å². The summed E-state index contributed by atoms with van der Waals surface area (Å²) < 4.78 is 4.74. The van der Waals surface area contributed by atoms with Crippen molar-refractivity contribution >= 4 is 5.97 Å². The third-order valence-corrected chi connectivity index (χ3v) is 3.87. The molecule has 1 saturated heterocycles. The van der Waals surface area contributed by atoms with E-state index in [0.29, 0.717) is 6.04 Å². The molecule has 1 aliphatic heterocycles. The van der Waals surface area contributed by atoms with Gasteiger partial charge in [0, 0.05) is 37.3 Å². The topological polar surface area (TPSA) is 41.6 Å². The lowest BCUT2D eigenvalue weighted by Gasteiger charge is -2.15. The van der Waals surface area contributed by atoms with E-state index in [0.717, 1.165) is 31.1 Å². The summed E-state index contributed by atoms with van der Waals surface area (Å²) in [5, 5.41) is 3.51. The van der Waals surface area contributed by atoms with Gasteiger partial charge in [-0.05, 0) is 25.7 Å². The van der Waals surface area contributed by atoms with E-state index in [1.54, 1.807) is 0 Å². The molecule has 2 fully saturated rings. The van der Waals surface area contributed by atoms with E-state index in [2.05, 4.69) is 10.2 Å². The quantitative estimate of drug-likeness (QED) is 0.572. The number of carbonyl (C=O) groups excluding carboxylic acids is 1. The summed E-state index contributed by atoms with van der Waals surface area (Å²) in [5.74, 6) is -0.203. The van der Waals surface area contributed by atoms with Crippen molar-refractivity contribution in [2.45, 2.75) is 44.7 Å². The molecule has 18 heavy (non-hydrogen) atoms. The first-order valence-electron chi connectivity index (χ1n) is 6.99. The molecule has 2 rings (SSSR count). The third-order valence-electron chi connectivity index (χ3n) is 3.87. The maximum Gasteiger partial charge on any atom is 0.333 e. The second-order valence-electron chi connectivity index (χ2n) is 5.19. The van der Waals surface area contributed by atoms with E-state index >= 15 is 0 Å². The van der Waals surface area contributed by atoms with Gasteiger partial charge in [0.15, 0.2) is 0 Å². The van der Waals surface area contributed by atoms with E-state index in [1.165, 1.54) is 32.9 Å². The number of hydrogen-bond acceptors (Lipinski definition) is 4. The van der Waals surface area contributed by atoms with Crippen LogP contribution in [0.15, 0.2) is 11.6 Å². The average molecular weight is 252 g/mol. The van der Waals surface area contributed by atoms with Crippen LogP contribution < -0.4 is 5.32 Å². The van der Waals surface area contributed by atoms with Gasteiger partial charge in [0.1, 0.15) is 0 Å². The molecule has 1 N–H and O–H groups in total. The summed E-state index contributed by atoms with van der Waals surface area (Å²) in [6, 6.07) is 1.45. The minimum atomic E-state index is -0.203. The van der Waals surface area contributed by atoms with Crippen molar-refractivity contribution in [3.8, 4) is 0 Å². The van der Waals surface area contributed by atoms with Crippen LogP contribution in [0, 0.1) is 0 Å². The SMILES string of the molecule is CCC(=CCNC1CCN(C2CC2)C1)C(=O)OC. The first kappa shape index (κ1) is 13.6. The second kappa shape index (κ2) is 6.34. The van der Waals surface area contributed by atoms with Crippen LogP contribution in [0.5, 0.6) is 0 Å².